The van der Waals surface area contributed by atoms with Gasteiger partial charge in [0.1, 0.15) is 0 Å². The summed E-state index contributed by atoms with van der Waals surface area (Å²) in [7, 11) is 1.46. The van der Waals surface area contributed by atoms with Crippen molar-refractivity contribution in [3.8, 4) is 5.75 Å². The molecule has 21 heavy (non-hydrogen) atoms. The molecule has 1 amide bonds. The van der Waals surface area contributed by atoms with Crippen LogP contribution in [0.5, 0.6) is 5.75 Å². The van der Waals surface area contributed by atoms with Crippen molar-refractivity contribution in [2.45, 2.75) is 37.7 Å². The van der Waals surface area contributed by atoms with Gasteiger partial charge >= 0.3 is 0 Å². The number of benzene rings is 1. The first-order valence-electron chi connectivity index (χ1n) is 6.99. The van der Waals surface area contributed by atoms with Gasteiger partial charge in [0.2, 0.25) is 0 Å². The second kappa shape index (κ2) is 6.86. The molecule has 116 valence electrons. The summed E-state index contributed by atoms with van der Waals surface area (Å²) in [6.45, 7) is 0.243. The normalized spacial score (nSPS) is 17.3. The Kier molecular flexibility index (Phi) is 5.36. The number of nitrogens with one attached hydrogen (secondary N) is 1. The van der Waals surface area contributed by atoms with E-state index in [4.69, 9.17) is 27.9 Å². The molecular weight excluding hydrogens is 313 g/mol. The molecule has 1 aliphatic rings. The zero-order chi connectivity index (χ0) is 15.5. The first-order valence-corrected chi connectivity index (χ1v) is 7.74. The Morgan fingerprint density at radius 2 is 1.86 bits per heavy atom. The van der Waals surface area contributed by atoms with Crippen LogP contribution in [-0.2, 0) is 0 Å². The quantitative estimate of drug-likeness (QED) is 0.888. The molecule has 0 atom stereocenters. The molecule has 0 radical (unpaired) electrons. The molecule has 0 spiro atoms. The second-order valence-corrected chi connectivity index (χ2v) is 6.26. The first kappa shape index (κ1) is 16.4. The van der Waals surface area contributed by atoms with Crippen molar-refractivity contribution in [3.05, 3.63) is 27.7 Å². The Morgan fingerprint density at radius 3 is 2.38 bits per heavy atom. The van der Waals surface area contributed by atoms with Gasteiger partial charge in [0.25, 0.3) is 5.91 Å². The van der Waals surface area contributed by atoms with Crippen LogP contribution in [0, 0.1) is 0 Å². The number of rotatable bonds is 4. The van der Waals surface area contributed by atoms with Gasteiger partial charge in [-0.3, -0.25) is 4.79 Å². The zero-order valence-electron chi connectivity index (χ0n) is 11.9. The minimum atomic E-state index is -0.798. The van der Waals surface area contributed by atoms with E-state index >= 15 is 0 Å². The topological polar surface area (TPSA) is 58.6 Å². The highest BCUT2D eigenvalue weighted by Gasteiger charge is 2.29. The monoisotopic (exact) mass is 331 g/mol. The van der Waals surface area contributed by atoms with E-state index in [1.54, 1.807) is 0 Å². The van der Waals surface area contributed by atoms with Crippen LogP contribution >= 0.6 is 23.2 Å². The van der Waals surface area contributed by atoms with E-state index in [0.717, 1.165) is 32.1 Å². The van der Waals surface area contributed by atoms with E-state index in [0.29, 0.717) is 11.3 Å². The molecular formula is C15H19Cl2NO3. The van der Waals surface area contributed by atoms with Crippen molar-refractivity contribution in [2.24, 2.45) is 0 Å². The predicted molar refractivity (Wildman–Crippen MR) is 83.4 cm³/mol. The SMILES string of the molecule is COc1c(Cl)cc(C(=O)NCC2(O)CCCCC2)cc1Cl. The maximum Gasteiger partial charge on any atom is 0.251 e. The second-order valence-electron chi connectivity index (χ2n) is 5.44. The maximum absolute atomic E-state index is 12.2. The molecule has 0 heterocycles. The summed E-state index contributed by atoms with van der Waals surface area (Å²) < 4.78 is 5.05. The Bertz CT molecular complexity index is 505. The van der Waals surface area contributed by atoms with E-state index in [2.05, 4.69) is 5.32 Å². The molecule has 4 nitrogen and oxygen atoms in total. The van der Waals surface area contributed by atoms with Gasteiger partial charge in [-0.05, 0) is 25.0 Å². The number of halogens is 2. The summed E-state index contributed by atoms with van der Waals surface area (Å²) in [5.74, 6) is 0.0428. The molecule has 2 rings (SSSR count). The van der Waals surface area contributed by atoms with Crippen LogP contribution in [0.2, 0.25) is 10.0 Å². The molecule has 0 aliphatic heterocycles. The summed E-state index contributed by atoms with van der Waals surface area (Å²) in [4.78, 5) is 12.2. The van der Waals surface area contributed by atoms with E-state index < -0.39 is 5.60 Å². The summed E-state index contributed by atoms with van der Waals surface area (Å²) >= 11 is 12.0. The molecule has 1 aromatic carbocycles. The van der Waals surface area contributed by atoms with Crippen molar-refractivity contribution in [2.75, 3.05) is 13.7 Å². The van der Waals surface area contributed by atoms with Crippen LogP contribution in [0.3, 0.4) is 0 Å². The Balaban J connectivity index is 2.03. The number of carbonyl (C=O) groups excluding carboxylic acids is 1. The number of carbonyl (C=O) groups is 1. The van der Waals surface area contributed by atoms with Crippen LogP contribution in [0.15, 0.2) is 12.1 Å². The lowest BCUT2D eigenvalue weighted by molar-refractivity contribution is 0.00526. The lowest BCUT2D eigenvalue weighted by Crippen LogP contribution is -2.44. The smallest absolute Gasteiger partial charge is 0.251 e. The number of hydrogen-bond donors (Lipinski definition) is 2. The fourth-order valence-electron chi connectivity index (χ4n) is 2.62. The molecule has 0 unspecified atom stereocenters. The largest absolute Gasteiger partial charge is 0.494 e. The number of ether oxygens (including phenoxy) is 1. The standard InChI is InChI=1S/C15H19Cl2NO3/c1-21-13-11(16)7-10(8-12(13)17)14(19)18-9-15(20)5-3-2-4-6-15/h7-8,20H,2-6,9H2,1H3,(H,18,19). The highest BCUT2D eigenvalue weighted by atomic mass is 35.5. The van der Waals surface area contributed by atoms with Crippen LogP contribution in [0.4, 0.5) is 0 Å². The molecule has 1 fully saturated rings. The lowest BCUT2D eigenvalue weighted by atomic mass is 9.85. The summed E-state index contributed by atoms with van der Waals surface area (Å²) in [6, 6.07) is 3.01. The van der Waals surface area contributed by atoms with E-state index in [1.165, 1.54) is 19.2 Å². The van der Waals surface area contributed by atoms with E-state index in [1.807, 2.05) is 0 Å². The van der Waals surface area contributed by atoms with Gasteiger partial charge in [-0.1, -0.05) is 42.5 Å². The van der Waals surface area contributed by atoms with Crippen molar-refractivity contribution in [1.29, 1.82) is 0 Å². The molecule has 2 N–H and O–H groups in total. The number of methoxy groups -OCH3 is 1. The van der Waals surface area contributed by atoms with Gasteiger partial charge in [-0.25, -0.2) is 0 Å². The number of hydrogen-bond acceptors (Lipinski definition) is 3. The average Bonchev–Trinajstić information content (AvgIpc) is 2.45. The van der Waals surface area contributed by atoms with Crippen LogP contribution in [-0.4, -0.2) is 30.3 Å². The van der Waals surface area contributed by atoms with Gasteiger partial charge in [-0.2, -0.15) is 0 Å². The first-order chi connectivity index (χ1) is 9.95. The Morgan fingerprint density at radius 1 is 1.29 bits per heavy atom. The molecule has 6 heteroatoms. The highest BCUT2D eigenvalue weighted by Crippen LogP contribution is 2.34. The summed E-state index contributed by atoms with van der Waals surface area (Å²) in [6.07, 6.45) is 4.56. The molecule has 0 bridgehead atoms. The van der Waals surface area contributed by atoms with Gasteiger partial charge in [0.05, 0.1) is 22.8 Å². The van der Waals surface area contributed by atoms with Gasteiger partial charge < -0.3 is 15.2 Å². The molecule has 1 aliphatic carbocycles. The molecule has 0 aromatic heterocycles. The zero-order valence-corrected chi connectivity index (χ0v) is 13.4. The highest BCUT2D eigenvalue weighted by molar-refractivity contribution is 6.37. The summed E-state index contributed by atoms with van der Waals surface area (Å²) in [5.41, 5.74) is -0.446. The average molecular weight is 332 g/mol. The number of aliphatic hydroxyl groups is 1. The third-order valence-electron chi connectivity index (χ3n) is 3.83. The molecule has 1 aromatic rings. The number of amides is 1. The fraction of sp³-hybridized carbons (Fsp3) is 0.533. The fourth-order valence-corrected chi connectivity index (χ4v) is 3.26. The predicted octanol–water partition coefficient (Wildman–Crippen LogP) is 3.43. The minimum Gasteiger partial charge on any atom is -0.494 e. The van der Waals surface area contributed by atoms with Crippen LogP contribution < -0.4 is 10.1 Å². The molecule has 0 saturated heterocycles. The van der Waals surface area contributed by atoms with Crippen LogP contribution in [0.25, 0.3) is 0 Å². The third-order valence-corrected chi connectivity index (χ3v) is 4.39. The maximum atomic E-state index is 12.2. The van der Waals surface area contributed by atoms with Crippen molar-refractivity contribution >= 4 is 29.1 Å². The Labute approximate surface area is 134 Å². The van der Waals surface area contributed by atoms with Gasteiger partial charge in [-0.15, -0.1) is 0 Å². The minimum absolute atomic E-state index is 0.243. The molecule has 1 saturated carbocycles. The lowest BCUT2D eigenvalue weighted by Gasteiger charge is -2.32. The van der Waals surface area contributed by atoms with Crippen LogP contribution in [0.1, 0.15) is 42.5 Å². The van der Waals surface area contributed by atoms with Crippen molar-refractivity contribution in [3.63, 3.8) is 0 Å². The van der Waals surface area contributed by atoms with E-state index in [9.17, 15) is 9.90 Å². The van der Waals surface area contributed by atoms with Gasteiger partial charge in [0, 0.05) is 12.1 Å². The van der Waals surface area contributed by atoms with Crippen molar-refractivity contribution < 1.29 is 14.6 Å². The van der Waals surface area contributed by atoms with Crippen molar-refractivity contribution in [1.82, 2.24) is 5.32 Å². The van der Waals surface area contributed by atoms with E-state index in [-0.39, 0.29) is 22.5 Å². The third kappa shape index (κ3) is 4.02. The van der Waals surface area contributed by atoms with Gasteiger partial charge in [0.15, 0.2) is 5.75 Å². The summed E-state index contributed by atoms with van der Waals surface area (Å²) in [5, 5.41) is 13.7. The Hall–Kier alpha value is -0.970.